The van der Waals surface area contributed by atoms with Crippen molar-refractivity contribution in [2.24, 2.45) is 5.73 Å². The molecule has 0 aliphatic rings. The Hall–Kier alpha value is -2.90. The number of benzene rings is 1. The molecule has 152 valence electrons. The number of hydrogen-bond acceptors (Lipinski definition) is 6. The van der Waals surface area contributed by atoms with Crippen molar-refractivity contribution in [3.05, 3.63) is 70.0 Å². The fraction of sp³-hybridized carbons (Fsp3) is 0.273. The Balaban J connectivity index is 1.56. The van der Waals surface area contributed by atoms with Gasteiger partial charge in [0.2, 0.25) is 11.8 Å². The number of primary amides is 1. The number of carbonyl (C=O) groups is 1. The van der Waals surface area contributed by atoms with Crippen molar-refractivity contribution in [3.63, 3.8) is 0 Å². The van der Waals surface area contributed by atoms with Gasteiger partial charge in [0.15, 0.2) is 11.5 Å². The fourth-order valence-corrected chi connectivity index (χ4v) is 3.49. The lowest BCUT2D eigenvalue weighted by atomic mass is 10.1. The van der Waals surface area contributed by atoms with Gasteiger partial charge in [0.25, 0.3) is 0 Å². The second-order valence-corrected chi connectivity index (χ2v) is 7.43. The van der Waals surface area contributed by atoms with E-state index in [1.165, 1.54) is 16.6 Å². The summed E-state index contributed by atoms with van der Waals surface area (Å²) >= 11 is 1.79. The summed E-state index contributed by atoms with van der Waals surface area (Å²) in [6.45, 7) is 4.33. The van der Waals surface area contributed by atoms with Crippen LogP contribution in [-0.4, -0.2) is 30.6 Å². The first-order valence-corrected chi connectivity index (χ1v) is 10.5. The lowest BCUT2D eigenvalue weighted by Gasteiger charge is -2.13. The van der Waals surface area contributed by atoms with Crippen molar-refractivity contribution in [2.75, 3.05) is 19.7 Å². The van der Waals surface area contributed by atoms with Crippen LogP contribution in [0.3, 0.4) is 0 Å². The minimum absolute atomic E-state index is 0.337. The number of ether oxygens (including phenoxy) is 2. The summed E-state index contributed by atoms with van der Waals surface area (Å²) in [5.41, 5.74) is 6.74. The van der Waals surface area contributed by atoms with Gasteiger partial charge >= 0.3 is 0 Å². The normalized spacial score (nSPS) is 10.7. The third kappa shape index (κ3) is 6.30. The van der Waals surface area contributed by atoms with Gasteiger partial charge < -0.3 is 20.5 Å². The second kappa shape index (κ2) is 10.6. The monoisotopic (exact) mass is 411 g/mol. The highest BCUT2D eigenvalue weighted by Gasteiger charge is 2.09. The van der Waals surface area contributed by atoms with Crippen LogP contribution in [0, 0.1) is 0 Å². The van der Waals surface area contributed by atoms with Crippen LogP contribution in [0.2, 0.25) is 0 Å². The van der Waals surface area contributed by atoms with E-state index in [2.05, 4.69) is 27.8 Å². The number of amides is 1. The van der Waals surface area contributed by atoms with Gasteiger partial charge in [0, 0.05) is 17.1 Å². The molecule has 3 aromatic rings. The van der Waals surface area contributed by atoms with Gasteiger partial charge in [0.05, 0.1) is 12.2 Å². The third-order valence-corrected chi connectivity index (χ3v) is 5.20. The maximum Gasteiger partial charge on any atom is 0.250 e. The van der Waals surface area contributed by atoms with Crippen LogP contribution in [0.4, 0.5) is 0 Å². The molecule has 0 aliphatic heterocycles. The highest BCUT2D eigenvalue weighted by atomic mass is 32.1. The highest BCUT2D eigenvalue weighted by Crippen LogP contribution is 2.32. The molecule has 0 saturated heterocycles. The first kappa shape index (κ1) is 20.8. The number of nitrogens with zero attached hydrogens (tertiary/aromatic N) is 1. The van der Waals surface area contributed by atoms with Crippen molar-refractivity contribution >= 4 is 17.2 Å². The zero-order valence-electron chi connectivity index (χ0n) is 16.4. The Kier molecular flexibility index (Phi) is 7.61. The maximum absolute atomic E-state index is 11.2. The summed E-state index contributed by atoms with van der Waals surface area (Å²) in [7, 11) is 0. The first-order valence-electron chi connectivity index (χ1n) is 9.58. The molecule has 3 rings (SSSR count). The van der Waals surface area contributed by atoms with E-state index in [9.17, 15) is 4.79 Å². The predicted molar refractivity (Wildman–Crippen MR) is 115 cm³/mol. The molecule has 7 heteroatoms. The molecule has 0 fully saturated rings. The van der Waals surface area contributed by atoms with E-state index in [1.807, 2.05) is 25.1 Å². The maximum atomic E-state index is 11.2. The topological polar surface area (TPSA) is 86.5 Å². The van der Waals surface area contributed by atoms with Crippen LogP contribution < -0.4 is 20.5 Å². The van der Waals surface area contributed by atoms with E-state index in [0.29, 0.717) is 29.5 Å². The molecular formula is C22H25N3O3S. The van der Waals surface area contributed by atoms with Gasteiger partial charge in [-0.1, -0.05) is 12.1 Å². The molecule has 1 amide bonds. The van der Waals surface area contributed by atoms with Crippen molar-refractivity contribution in [1.29, 1.82) is 0 Å². The van der Waals surface area contributed by atoms with Crippen molar-refractivity contribution < 1.29 is 14.3 Å². The van der Waals surface area contributed by atoms with Gasteiger partial charge in [-0.2, -0.15) is 0 Å². The van der Waals surface area contributed by atoms with Crippen LogP contribution in [0.1, 0.15) is 27.7 Å². The number of hydrogen-bond donors (Lipinski definition) is 2. The Bertz CT molecular complexity index is 912. The average Bonchev–Trinajstić information content (AvgIpc) is 3.24. The Morgan fingerprint density at radius 2 is 2.00 bits per heavy atom. The molecule has 1 aromatic carbocycles. The zero-order valence-corrected chi connectivity index (χ0v) is 17.2. The van der Waals surface area contributed by atoms with Crippen LogP contribution in [0.25, 0.3) is 0 Å². The number of nitrogens with two attached hydrogens (primary N) is 1. The molecule has 0 atom stereocenters. The van der Waals surface area contributed by atoms with E-state index < -0.39 is 5.91 Å². The summed E-state index contributed by atoms with van der Waals surface area (Å²) in [5, 5.41) is 5.59. The number of carbonyl (C=O) groups excluding carboxylic acids is 1. The van der Waals surface area contributed by atoms with E-state index in [1.54, 1.807) is 23.5 Å². The molecule has 0 spiro atoms. The van der Waals surface area contributed by atoms with Crippen molar-refractivity contribution in [1.82, 2.24) is 10.3 Å². The molecule has 0 bridgehead atoms. The van der Waals surface area contributed by atoms with E-state index in [4.69, 9.17) is 15.2 Å². The Morgan fingerprint density at radius 3 is 2.69 bits per heavy atom. The smallest absolute Gasteiger partial charge is 0.250 e. The van der Waals surface area contributed by atoms with E-state index in [0.717, 1.165) is 25.9 Å². The van der Waals surface area contributed by atoms with Crippen molar-refractivity contribution in [3.8, 4) is 17.4 Å². The van der Waals surface area contributed by atoms with E-state index >= 15 is 0 Å². The summed E-state index contributed by atoms with van der Waals surface area (Å²) in [6, 6.07) is 13.3. The number of rotatable bonds is 11. The molecule has 0 radical (unpaired) electrons. The Labute approximate surface area is 174 Å². The van der Waals surface area contributed by atoms with Gasteiger partial charge in [-0.3, -0.25) is 4.79 Å². The highest BCUT2D eigenvalue weighted by molar-refractivity contribution is 7.09. The molecule has 6 nitrogen and oxygen atoms in total. The third-order valence-electron chi connectivity index (χ3n) is 4.26. The quantitative estimate of drug-likeness (QED) is 0.469. The number of nitrogens with one attached hydrogen (secondary N) is 1. The number of thiophene rings is 1. The number of pyridine rings is 1. The molecule has 3 N–H and O–H groups in total. The minimum Gasteiger partial charge on any atom is -0.490 e. The fourth-order valence-electron chi connectivity index (χ4n) is 2.78. The molecule has 0 saturated carbocycles. The predicted octanol–water partition coefficient (Wildman–Crippen LogP) is 3.81. The van der Waals surface area contributed by atoms with Crippen molar-refractivity contribution in [2.45, 2.75) is 19.8 Å². The standard InChI is InChI=1S/C22H25N3O3S/c1-2-27-20-14-16(9-11-24-12-10-18-4-3-13-29-18)5-7-19(20)28-21-8-6-17(15-25-21)22(23)26/h3-8,13-15,24H,2,9-12H2,1H3,(H2,23,26). The lowest BCUT2D eigenvalue weighted by Crippen LogP contribution is -2.19. The summed E-state index contributed by atoms with van der Waals surface area (Å²) < 4.78 is 11.6. The van der Waals surface area contributed by atoms with Crippen LogP contribution in [0.15, 0.2) is 54.0 Å². The summed E-state index contributed by atoms with van der Waals surface area (Å²) in [5.74, 6) is 1.11. The minimum atomic E-state index is -0.521. The van der Waals surface area contributed by atoms with E-state index in [-0.39, 0.29) is 0 Å². The molecule has 2 aromatic heterocycles. The van der Waals surface area contributed by atoms with Crippen LogP contribution in [-0.2, 0) is 12.8 Å². The molecular weight excluding hydrogens is 386 g/mol. The lowest BCUT2D eigenvalue weighted by molar-refractivity contribution is 0.1000. The first-order chi connectivity index (χ1) is 14.2. The van der Waals surface area contributed by atoms with Crippen LogP contribution >= 0.6 is 11.3 Å². The molecule has 29 heavy (non-hydrogen) atoms. The molecule has 0 unspecified atom stereocenters. The second-order valence-electron chi connectivity index (χ2n) is 6.39. The van der Waals surface area contributed by atoms with Gasteiger partial charge in [-0.15, -0.1) is 11.3 Å². The van der Waals surface area contributed by atoms with Gasteiger partial charge in [0.1, 0.15) is 0 Å². The Morgan fingerprint density at radius 1 is 1.14 bits per heavy atom. The van der Waals surface area contributed by atoms with Crippen LogP contribution in [0.5, 0.6) is 17.4 Å². The molecule has 0 aliphatic carbocycles. The van der Waals surface area contributed by atoms with Gasteiger partial charge in [-0.05, 0) is 68.1 Å². The summed E-state index contributed by atoms with van der Waals surface area (Å²) in [6.07, 6.45) is 3.35. The number of aromatic nitrogens is 1. The average molecular weight is 412 g/mol. The zero-order chi connectivity index (χ0) is 20.5. The summed E-state index contributed by atoms with van der Waals surface area (Å²) in [4.78, 5) is 16.7. The molecule has 2 heterocycles. The SMILES string of the molecule is CCOc1cc(CCNCCc2cccs2)ccc1Oc1ccc(C(N)=O)cn1. The largest absolute Gasteiger partial charge is 0.490 e. The van der Waals surface area contributed by atoms with Gasteiger partial charge in [-0.25, -0.2) is 4.98 Å².